The molecule has 3 heterocycles. The van der Waals surface area contributed by atoms with Crippen LogP contribution in [-0.2, 0) is 11.0 Å². The van der Waals surface area contributed by atoms with Crippen molar-refractivity contribution < 1.29 is 18.0 Å². The molecule has 0 spiro atoms. The van der Waals surface area contributed by atoms with Crippen LogP contribution in [0.3, 0.4) is 0 Å². The number of alkyl halides is 6. The Morgan fingerprint density at radius 3 is 2.52 bits per heavy atom. The molecule has 0 radical (unpaired) electrons. The largest absolute Gasteiger partial charge is 0.433 e. The number of aromatic nitrogens is 4. The number of pyridine rings is 1. The van der Waals surface area contributed by atoms with Crippen molar-refractivity contribution in [3.8, 4) is 0 Å². The molecule has 0 aliphatic carbocycles. The first-order chi connectivity index (χ1) is 14.5. The van der Waals surface area contributed by atoms with E-state index in [1.165, 1.54) is 6.07 Å². The molecule has 0 aliphatic rings. The molecule has 3 rings (SSSR count). The quantitative estimate of drug-likeness (QED) is 0.290. The maximum absolute atomic E-state index is 12.7. The Labute approximate surface area is 188 Å². The van der Waals surface area contributed by atoms with Crippen LogP contribution in [0.5, 0.6) is 0 Å². The normalized spacial score (nSPS) is 13.1. The molecular formula is C17H15Cl3F3N7O. The molecule has 8 nitrogen and oxygen atoms in total. The van der Waals surface area contributed by atoms with Crippen LogP contribution >= 0.6 is 34.8 Å². The third kappa shape index (κ3) is 5.81. The van der Waals surface area contributed by atoms with Gasteiger partial charge in [0.25, 0.3) is 0 Å². The van der Waals surface area contributed by atoms with Crippen molar-refractivity contribution in [1.29, 1.82) is 0 Å². The number of nitrogens with zero attached hydrogens (tertiary/aromatic N) is 3. The van der Waals surface area contributed by atoms with E-state index < -0.39 is 21.8 Å². The van der Waals surface area contributed by atoms with E-state index in [4.69, 9.17) is 34.8 Å². The number of carbonyl (C=O) groups excluding carboxylic acids is 1. The Kier molecular flexibility index (Phi) is 6.68. The molecule has 14 heteroatoms. The lowest BCUT2D eigenvalue weighted by Crippen LogP contribution is -2.49. The molecule has 166 valence electrons. The number of hydrogen-bond acceptors (Lipinski definition) is 6. The predicted molar refractivity (Wildman–Crippen MR) is 113 cm³/mol. The predicted octanol–water partition coefficient (Wildman–Crippen LogP) is 4.75. The van der Waals surface area contributed by atoms with E-state index in [2.05, 4.69) is 35.9 Å². The molecule has 1 amide bonds. The molecule has 3 aromatic rings. The second kappa shape index (κ2) is 8.93. The highest BCUT2D eigenvalue weighted by molar-refractivity contribution is 6.68. The number of anilines is 3. The maximum atomic E-state index is 12.7. The fourth-order valence-corrected chi connectivity index (χ4v) is 2.79. The van der Waals surface area contributed by atoms with Crippen molar-refractivity contribution in [2.24, 2.45) is 0 Å². The Morgan fingerprint density at radius 2 is 1.94 bits per heavy atom. The average Bonchev–Trinajstić information content (AvgIpc) is 3.15. The van der Waals surface area contributed by atoms with Gasteiger partial charge in [0, 0.05) is 12.6 Å². The SMILES string of the molecule is CCC(=O)NC(Nc1nc(Nc2ccc(C(F)(F)F)nc2)c2cc[nH]c2n1)C(Cl)(Cl)Cl. The van der Waals surface area contributed by atoms with Crippen molar-refractivity contribution in [2.45, 2.75) is 29.5 Å². The van der Waals surface area contributed by atoms with Gasteiger partial charge in [0.15, 0.2) is 0 Å². The van der Waals surface area contributed by atoms with E-state index in [1.54, 1.807) is 19.2 Å². The molecule has 0 saturated heterocycles. The molecule has 4 N–H and O–H groups in total. The highest BCUT2D eigenvalue weighted by Crippen LogP contribution is 2.32. The number of halogens is 6. The van der Waals surface area contributed by atoms with Crippen LogP contribution in [0.25, 0.3) is 11.0 Å². The zero-order valence-corrected chi connectivity index (χ0v) is 18.0. The van der Waals surface area contributed by atoms with E-state index in [0.717, 1.165) is 12.3 Å². The van der Waals surface area contributed by atoms with Crippen molar-refractivity contribution in [2.75, 3.05) is 10.6 Å². The Hall–Kier alpha value is -2.50. The van der Waals surface area contributed by atoms with Gasteiger partial charge in [-0.25, -0.2) is 4.98 Å². The van der Waals surface area contributed by atoms with E-state index >= 15 is 0 Å². The third-order valence-corrected chi connectivity index (χ3v) is 4.61. The van der Waals surface area contributed by atoms with Crippen LogP contribution < -0.4 is 16.0 Å². The summed E-state index contributed by atoms with van der Waals surface area (Å²) in [6.07, 6.45) is -2.92. The second-order valence-corrected chi connectivity index (χ2v) is 8.60. The summed E-state index contributed by atoms with van der Waals surface area (Å²) in [5, 5.41) is 8.70. The second-order valence-electron chi connectivity index (χ2n) is 6.23. The summed E-state index contributed by atoms with van der Waals surface area (Å²) >= 11 is 17.8. The van der Waals surface area contributed by atoms with Gasteiger partial charge >= 0.3 is 6.18 Å². The van der Waals surface area contributed by atoms with Gasteiger partial charge in [-0.15, -0.1) is 0 Å². The van der Waals surface area contributed by atoms with Crippen LogP contribution in [0.4, 0.5) is 30.6 Å². The number of fused-ring (bicyclic) bond motifs is 1. The third-order valence-electron chi connectivity index (χ3n) is 3.96. The van der Waals surface area contributed by atoms with E-state index in [-0.39, 0.29) is 29.8 Å². The molecule has 0 aliphatic heterocycles. The van der Waals surface area contributed by atoms with Crippen LogP contribution in [-0.4, -0.2) is 35.8 Å². The van der Waals surface area contributed by atoms with Crippen molar-refractivity contribution in [3.63, 3.8) is 0 Å². The first kappa shape index (κ1) is 23.2. The highest BCUT2D eigenvalue weighted by Gasteiger charge is 2.35. The minimum Gasteiger partial charge on any atom is -0.346 e. The number of H-pyrrole nitrogens is 1. The minimum absolute atomic E-state index is 0.00921. The Balaban J connectivity index is 1.91. The van der Waals surface area contributed by atoms with Gasteiger partial charge < -0.3 is 20.9 Å². The molecule has 1 unspecified atom stereocenters. The smallest absolute Gasteiger partial charge is 0.346 e. The van der Waals surface area contributed by atoms with Crippen molar-refractivity contribution in [3.05, 3.63) is 36.3 Å². The number of nitrogens with one attached hydrogen (secondary N) is 4. The Bertz CT molecular complexity index is 1070. The summed E-state index contributed by atoms with van der Waals surface area (Å²) in [5.74, 6) is -0.135. The maximum Gasteiger partial charge on any atom is 0.433 e. The topological polar surface area (TPSA) is 108 Å². The molecule has 0 aromatic carbocycles. The zero-order chi connectivity index (χ0) is 22.8. The molecule has 0 fully saturated rings. The summed E-state index contributed by atoms with van der Waals surface area (Å²) in [7, 11) is 0. The number of carbonyl (C=O) groups is 1. The fraction of sp³-hybridized carbons (Fsp3) is 0.294. The lowest BCUT2D eigenvalue weighted by atomic mass is 10.3. The van der Waals surface area contributed by atoms with Crippen LogP contribution in [0, 0.1) is 0 Å². The Morgan fingerprint density at radius 1 is 1.19 bits per heavy atom. The van der Waals surface area contributed by atoms with Crippen LogP contribution in [0.2, 0.25) is 0 Å². The van der Waals surface area contributed by atoms with Gasteiger partial charge in [0.2, 0.25) is 15.6 Å². The summed E-state index contributed by atoms with van der Waals surface area (Å²) in [5.41, 5.74) is -0.366. The molecule has 0 saturated carbocycles. The van der Waals surface area contributed by atoms with Gasteiger partial charge in [-0.3, -0.25) is 4.79 Å². The zero-order valence-electron chi connectivity index (χ0n) is 15.7. The molecule has 3 aromatic heterocycles. The molecule has 0 bridgehead atoms. The van der Waals surface area contributed by atoms with Gasteiger partial charge in [-0.2, -0.15) is 23.1 Å². The van der Waals surface area contributed by atoms with Gasteiger partial charge in [-0.1, -0.05) is 41.7 Å². The first-order valence-electron chi connectivity index (χ1n) is 8.75. The number of amides is 1. The molecule has 31 heavy (non-hydrogen) atoms. The lowest BCUT2D eigenvalue weighted by Gasteiger charge is -2.26. The standard InChI is InChI=1S/C17H15Cl3F3N7O/c1-2-11(31)27-14(16(18,19)20)30-15-28-12-9(5-6-24-12)13(29-15)26-8-3-4-10(25-7-8)17(21,22)23/h3-7,14H,2H2,1H3,(H,27,31)(H3,24,26,28,29,30). The van der Waals surface area contributed by atoms with Gasteiger partial charge in [-0.05, 0) is 18.2 Å². The van der Waals surface area contributed by atoms with Crippen LogP contribution in [0.1, 0.15) is 19.0 Å². The number of aromatic amines is 1. The molecule has 1 atom stereocenters. The summed E-state index contributed by atoms with van der Waals surface area (Å²) < 4.78 is 36.2. The lowest BCUT2D eigenvalue weighted by molar-refractivity contribution is -0.141. The number of rotatable bonds is 6. The average molecular weight is 497 g/mol. The number of hydrogen-bond donors (Lipinski definition) is 4. The monoisotopic (exact) mass is 495 g/mol. The minimum atomic E-state index is -4.55. The van der Waals surface area contributed by atoms with E-state index in [1.807, 2.05) is 0 Å². The van der Waals surface area contributed by atoms with Gasteiger partial charge in [0.1, 0.15) is 23.3 Å². The summed E-state index contributed by atoms with van der Waals surface area (Å²) in [4.78, 5) is 26.6. The van der Waals surface area contributed by atoms with Crippen molar-refractivity contribution >= 4 is 69.2 Å². The first-order valence-corrected chi connectivity index (χ1v) is 9.88. The molecular weight excluding hydrogens is 482 g/mol. The van der Waals surface area contributed by atoms with E-state index in [0.29, 0.717) is 11.0 Å². The summed E-state index contributed by atoms with van der Waals surface area (Å²) in [6, 6.07) is 3.73. The van der Waals surface area contributed by atoms with E-state index in [9.17, 15) is 18.0 Å². The van der Waals surface area contributed by atoms with Crippen molar-refractivity contribution in [1.82, 2.24) is 25.3 Å². The van der Waals surface area contributed by atoms with Gasteiger partial charge in [0.05, 0.1) is 17.3 Å². The van der Waals surface area contributed by atoms with Crippen LogP contribution in [0.15, 0.2) is 30.6 Å². The fourth-order valence-electron chi connectivity index (χ4n) is 2.47. The highest BCUT2D eigenvalue weighted by atomic mass is 35.6. The summed E-state index contributed by atoms with van der Waals surface area (Å²) in [6.45, 7) is 1.63.